The molecule has 0 aliphatic heterocycles. The molecular weight excluding hydrogens is 446 g/mol. The first-order chi connectivity index (χ1) is 16.7. The number of benzene rings is 3. The fourth-order valence-electron chi connectivity index (χ4n) is 3.69. The average molecular weight is 476 g/mol. The number of phenols is 1. The number of hydrogen-bond donors (Lipinski definition) is 5. The first-order valence-corrected chi connectivity index (χ1v) is 11.2. The van der Waals surface area contributed by atoms with Crippen LogP contribution in [0, 0.1) is 6.92 Å². The van der Waals surface area contributed by atoms with Gasteiger partial charge in [-0.05, 0) is 41.7 Å². The highest BCUT2D eigenvalue weighted by Gasteiger charge is 2.29. The summed E-state index contributed by atoms with van der Waals surface area (Å²) >= 11 is 0. The minimum atomic E-state index is -1.24. The van der Waals surface area contributed by atoms with E-state index in [1.165, 1.54) is 6.07 Å². The number of amides is 2. The summed E-state index contributed by atoms with van der Waals surface area (Å²) in [5.41, 5.74) is 8.71. The van der Waals surface area contributed by atoms with Gasteiger partial charge in [-0.25, -0.2) is 4.79 Å². The third-order valence-corrected chi connectivity index (χ3v) is 5.63. The van der Waals surface area contributed by atoms with Crippen molar-refractivity contribution in [2.75, 3.05) is 0 Å². The van der Waals surface area contributed by atoms with E-state index in [1.54, 1.807) is 49.4 Å². The van der Waals surface area contributed by atoms with Crippen molar-refractivity contribution in [2.45, 2.75) is 37.9 Å². The quantitative estimate of drug-likeness (QED) is 0.304. The second-order valence-corrected chi connectivity index (χ2v) is 8.37. The standard InChI is InChI=1S/C27H29N3O5/c1-17-14-19(12-13-23(17)31)16-22(27(34)35)29-26(33)24(20-10-6-3-7-11-20)30-25(32)21(28)15-18-8-4-2-5-9-18/h2-14,21-22,24,31H,15-16,28H2,1H3,(H,29,33)(H,30,32)(H,34,35)/t21-,22-,24-/m0/s1. The van der Waals surface area contributed by atoms with Crippen LogP contribution in [-0.2, 0) is 27.2 Å². The summed E-state index contributed by atoms with van der Waals surface area (Å²) < 4.78 is 0. The molecule has 6 N–H and O–H groups in total. The van der Waals surface area contributed by atoms with Crippen molar-refractivity contribution in [1.82, 2.24) is 10.6 Å². The Morgan fingerprint density at radius 3 is 2.06 bits per heavy atom. The first kappa shape index (κ1) is 25.5. The van der Waals surface area contributed by atoms with Gasteiger partial charge in [-0.1, -0.05) is 72.8 Å². The van der Waals surface area contributed by atoms with Gasteiger partial charge in [0.05, 0.1) is 6.04 Å². The van der Waals surface area contributed by atoms with Crippen molar-refractivity contribution in [3.8, 4) is 5.75 Å². The molecule has 35 heavy (non-hydrogen) atoms. The molecule has 0 radical (unpaired) electrons. The zero-order valence-corrected chi connectivity index (χ0v) is 19.3. The molecule has 0 saturated carbocycles. The number of aliphatic carboxylic acids is 1. The van der Waals surface area contributed by atoms with Crippen LogP contribution in [0.25, 0.3) is 0 Å². The minimum absolute atomic E-state index is 0.00513. The fourth-order valence-corrected chi connectivity index (χ4v) is 3.69. The Morgan fingerprint density at radius 1 is 0.829 bits per heavy atom. The molecule has 8 nitrogen and oxygen atoms in total. The molecule has 0 saturated heterocycles. The van der Waals surface area contributed by atoms with E-state index in [4.69, 9.17) is 5.73 Å². The van der Waals surface area contributed by atoms with Crippen molar-refractivity contribution < 1.29 is 24.6 Å². The molecule has 3 aromatic carbocycles. The van der Waals surface area contributed by atoms with Gasteiger partial charge in [0.1, 0.15) is 17.8 Å². The monoisotopic (exact) mass is 475 g/mol. The van der Waals surface area contributed by atoms with Crippen LogP contribution in [0.15, 0.2) is 78.9 Å². The molecule has 0 unspecified atom stereocenters. The van der Waals surface area contributed by atoms with E-state index in [0.29, 0.717) is 16.7 Å². The number of rotatable bonds is 10. The summed E-state index contributed by atoms with van der Waals surface area (Å²) in [4.78, 5) is 38.0. The Labute approximate surface area is 203 Å². The van der Waals surface area contributed by atoms with E-state index in [-0.39, 0.29) is 18.6 Å². The summed E-state index contributed by atoms with van der Waals surface area (Å²) in [6.45, 7) is 1.70. The van der Waals surface area contributed by atoms with Crippen molar-refractivity contribution in [3.05, 3.63) is 101 Å². The van der Waals surface area contributed by atoms with Gasteiger partial charge in [-0.2, -0.15) is 0 Å². The summed E-state index contributed by atoms with van der Waals surface area (Å²) in [7, 11) is 0. The lowest BCUT2D eigenvalue weighted by Gasteiger charge is -2.23. The van der Waals surface area contributed by atoms with Gasteiger partial charge < -0.3 is 26.6 Å². The number of phenolic OH excluding ortho intramolecular Hbond substituents is 1. The molecule has 0 spiro atoms. The smallest absolute Gasteiger partial charge is 0.326 e. The second kappa shape index (κ2) is 11.8. The van der Waals surface area contributed by atoms with Gasteiger partial charge >= 0.3 is 5.97 Å². The number of nitrogens with one attached hydrogen (secondary N) is 2. The number of carbonyl (C=O) groups excluding carboxylic acids is 2. The van der Waals surface area contributed by atoms with Crippen LogP contribution in [0.3, 0.4) is 0 Å². The second-order valence-electron chi connectivity index (χ2n) is 8.37. The summed E-state index contributed by atoms with van der Waals surface area (Å²) in [5, 5.41) is 24.6. The van der Waals surface area contributed by atoms with E-state index in [9.17, 15) is 24.6 Å². The zero-order chi connectivity index (χ0) is 25.4. The molecule has 3 rings (SSSR count). The molecule has 8 heteroatoms. The summed E-state index contributed by atoms with van der Waals surface area (Å²) in [5.74, 6) is -2.32. The summed E-state index contributed by atoms with van der Waals surface area (Å²) in [6.07, 6.45) is 0.291. The van der Waals surface area contributed by atoms with Crippen molar-refractivity contribution >= 4 is 17.8 Å². The SMILES string of the molecule is Cc1cc(C[C@H](NC(=O)[C@@H](NC(=O)[C@@H](N)Cc2ccccc2)c2ccccc2)C(=O)O)ccc1O. The molecule has 3 aromatic rings. The number of carboxylic acid groups (broad SMARTS) is 1. The van der Waals surface area contributed by atoms with Gasteiger partial charge in [-0.3, -0.25) is 9.59 Å². The van der Waals surface area contributed by atoms with Gasteiger partial charge in [0.15, 0.2) is 0 Å². The molecule has 0 bridgehead atoms. The molecule has 182 valence electrons. The maximum Gasteiger partial charge on any atom is 0.326 e. The van der Waals surface area contributed by atoms with Crippen LogP contribution in [0.1, 0.15) is 28.3 Å². The molecule has 3 atom stereocenters. The van der Waals surface area contributed by atoms with Crippen LogP contribution < -0.4 is 16.4 Å². The molecular formula is C27H29N3O5. The van der Waals surface area contributed by atoms with Crippen LogP contribution in [0.2, 0.25) is 0 Å². The number of carbonyl (C=O) groups is 3. The normalized spacial score (nSPS) is 13.3. The number of aromatic hydroxyl groups is 1. The molecule has 0 aliphatic carbocycles. The van der Waals surface area contributed by atoms with Gasteiger partial charge in [0.25, 0.3) is 0 Å². The number of nitrogens with two attached hydrogens (primary N) is 1. The highest BCUT2D eigenvalue weighted by Crippen LogP contribution is 2.19. The van der Waals surface area contributed by atoms with Gasteiger partial charge in [0, 0.05) is 6.42 Å². The fraction of sp³-hybridized carbons (Fsp3) is 0.222. The number of aryl methyl sites for hydroxylation is 1. The van der Waals surface area contributed by atoms with Crippen LogP contribution >= 0.6 is 0 Å². The predicted octanol–water partition coefficient (Wildman–Crippen LogP) is 2.24. The highest BCUT2D eigenvalue weighted by molar-refractivity contribution is 5.92. The van der Waals surface area contributed by atoms with Crippen LogP contribution in [0.5, 0.6) is 5.75 Å². The predicted molar refractivity (Wildman–Crippen MR) is 132 cm³/mol. The van der Waals surface area contributed by atoms with Crippen LogP contribution in [-0.4, -0.2) is 40.1 Å². The maximum atomic E-state index is 13.2. The lowest BCUT2D eigenvalue weighted by molar-refractivity contribution is -0.142. The largest absolute Gasteiger partial charge is 0.508 e. The minimum Gasteiger partial charge on any atom is -0.508 e. The molecule has 0 aromatic heterocycles. The Hall–Kier alpha value is -4.17. The molecule has 2 amide bonds. The van der Waals surface area contributed by atoms with Crippen molar-refractivity contribution in [1.29, 1.82) is 0 Å². The summed E-state index contributed by atoms with van der Waals surface area (Å²) in [6, 6.07) is 19.3. The lowest BCUT2D eigenvalue weighted by atomic mass is 10.0. The van der Waals surface area contributed by atoms with E-state index in [0.717, 1.165) is 5.56 Å². The molecule has 0 aliphatic rings. The molecule has 0 heterocycles. The van der Waals surface area contributed by atoms with Crippen LogP contribution in [0.4, 0.5) is 0 Å². The molecule has 0 fully saturated rings. The van der Waals surface area contributed by atoms with E-state index < -0.39 is 35.9 Å². The Bertz CT molecular complexity index is 1170. The Balaban J connectivity index is 1.76. The Kier molecular flexibility index (Phi) is 8.58. The number of carboxylic acids is 1. The average Bonchev–Trinajstić information content (AvgIpc) is 2.85. The topological polar surface area (TPSA) is 142 Å². The third-order valence-electron chi connectivity index (χ3n) is 5.63. The first-order valence-electron chi connectivity index (χ1n) is 11.2. The van der Waals surface area contributed by atoms with Crippen molar-refractivity contribution in [3.63, 3.8) is 0 Å². The highest BCUT2D eigenvalue weighted by atomic mass is 16.4. The Morgan fingerprint density at radius 2 is 1.46 bits per heavy atom. The third kappa shape index (κ3) is 7.15. The van der Waals surface area contributed by atoms with E-state index in [2.05, 4.69) is 10.6 Å². The maximum absolute atomic E-state index is 13.2. The zero-order valence-electron chi connectivity index (χ0n) is 19.3. The van der Waals surface area contributed by atoms with Crippen molar-refractivity contribution in [2.24, 2.45) is 5.73 Å². The number of hydrogen-bond acceptors (Lipinski definition) is 5. The van der Waals surface area contributed by atoms with Gasteiger partial charge in [-0.15, -0.1) is 0 Å². The van der Waals surface area contributed by atoms with Gasteiger partial charge in [0.2, 0.25) is 11.8 Å². The lowest BCUT2D eigenvalue weighted by Crippen LogP contribution is -2.51. The van der Waals surface area contributed by atoms with E-state index >= 15 is 0 Å². The van der Waals surface area contributed by atoms with E-state index in [1.807, 2.05) is 30.3 Å².